The summed E-state index contributed by atoms with van der Waals surface area (Å²) in [7, 11) is 0. The number of hydrogen-bond acceptors (Lipinski definition) is 3. The maximum Gasteiger partial charge on any atom is 0.272 e. The number of hydrazone groups is 1. The lowest BCUT2D eigenvalue weighted by Crippen LogP contribution is -2.18. The second kappa shape index (κ2) is 8.14. The highest BCUT2D eigenvalue weighted by Gasteiger charge is 2.07. The number of benzene rings is 2. The number of amides is 1. The molecule has 5 heteroatoms. The number of carbonyl (C=O) groups excluding carboxylic acids is 1. The third-order valence-electron chi connectivity index (χ3n) is 2.75. The zero-order valence-corrected chi connectivity index (χ0v) is 13.4. The topological polar surface area (TPSA) is 50.7 Å². The molecule has 0 atom stereocenters. The number of hydrogen-bond donors (Lipinski definition) is 1. The predicted octanol–water partition coefficient (Wildman–Crippen LogP) is 3.78. The molecular formula is C17H15BrN2O2. The highest BCUT2D eigenvalue weighted by atomic mass is 79.9. The molecule has 0 heterocycles. The molecule has 4 nitrogen and oxygen atoms in total. The smallest absolute Gasteiger partial charge is 0.272 e. The minimum absolute atomic E-state index is 0.269. The zero-order chi connectivity index (χ0) is 15.8. The average Bonchev–Trinajstić information content (AvgIpc) is 2.54. The van der Waals surface area contributed by atoms with Crippen LogP contribution in [0.5, 0.6) is 5.75 Å². The summed E-state index contributed by atoms with van der Waals surface area (Å²) in [4.78, 5) is 11.9. The van der Waals surface area contributed by atoms with E-state index in [-0.39, 0.29) is 5.91 Å². The van der Waals surface area contributed by atoms with Crippen molar-refractivity contribution in [1.29, 1.82) is 0 Å². The molecule has 2 aromatic rings. The first-order valence-electron chi connectivity index (χ1n) is 6.62. The molecule has 0 radical (unpaired) electrons. The summed E-state index contributed by atoms with van der Waals surface area (Å²) in [6.07, 6.45) is 3.26. The quantitative estimate of drug-likeness (QED) is 0.485. The molecule has 1 amide bonds. The van der Waals surface area contributed by atoms with Gasteiger partial charge in [0.2, 0.25) is 0 Å². The molecular weight excluding hydrogens is 344 g/mol. The van der Waals surface area contributed by atoms with Crippen molar-refractivity contribution in [2.24, 2.45) is 5.10 Å². The lowest BCUT2D eigenvalue weighted by Gasteiger charge is -2.03. The molecule has 0 aliphatic rings. The summed E-state index contributed by atoms with van der Waals surface area (Å²) in [6, 6.07) is 14.5. The van der Waals surface area contributed by atoms with E-state index in [0.29, 0.717) is 12.2 Å². The molecule has 0 saturated carbocycles. The third-order valence-corrected chi connectivity index (χ3v) is 3.44. The van der Waals surface area contributed by atoms with Gasteiger partial charge in [0.15, 0.2) is 0 Å². The van der Waals surface area contributed by atoms with Crippen LogP contribution in [0.2, 0.25) is 0 Å². The van der Waals surface area contributed by atoms with Crippen LogP contribution in [0.15, 0.2) is 70.8 Å². The Morgan fingerprint density at radius 3 is 2.64 bits per heavy atom. The van der Waals surface area contributed by atoms with E-state index < -0.39 is 0 Å². The molecule has 0 unspecified atom stereocenters. The maximum atomic E-state index is 11.9. The molecule has 0 fully saturated rings. The number of nitrogens with zero attached hydrogens (tertiary/aromatic N) is 1. The average molecular weight is 359 g/mol. The molecule has 2 rings (SSSR count). The van der Waals surface area contributed by atoms with E-state index in [1.165, 1.54) is 0 Å². The van der Waals surface area contributed by atoms with Crippen molar-refractivity contribution >= 4 is 28.1 Å². The molecule has 0 aliphatic carbocycles. The fourth-order valence-electron chi connectivity index (χ4n) is 1.68. The summed E-state index contributed by atoms with van der Waals surface area (Å²) in [5.74, 6) is 0.490. The van der Waals surface area contributed by atoms with Gasteiger partial charge in [-0.15, -0.1) is 0 Å². The molecule has 0 spiro atoms. The van der Waals surface area contributed by atoms with E-state index in [4.69, 9.17) is 4.74 Å². The summed E-state index contributed by atoms with van der Waals surface area (Å²) in [6.45, 7) is 4.06. The van der Waals surface area contributed by atoms with Crippen LogP contribution in [0.3, 0.4) is 0 Å². The Balaban J connectivity index is 1.93. The van der Waals surface area contributed by atoms with Crippen molar-refractivity contribution in [1.82, 2.24) is 5.43 Å². The van der Waals surface area contributed by atoms with E-state index in [2.05, 4.69) is 33.0 Å². The Hall–Kier alpha value is -2.40. The first-order chi connectivity index (χ1) is 10.7. The van der Waals surface area contributed by atoms with Crippen LogP contribution >= 0.6 is 15.9 Å². The van der Waals surface area contributed by atoms with Crippen molar-refractivity contribution in [3.05, 3.63) is 76.8 Å². The van der Waals surface area contributed by atoms with Crippen LogP contribution in [0.1, 0.15) is 15.9 Å². The van der Waals surface area contributed by atoms with Crippen molar-refractivity contribution in [3.8, 4) is 5.75 Å². The molecule has 22 heavy (non-hydrogen) atoms. The van der Waals surface area contributed by atoms with Gasteiger partial charge in [0.25, 0.3) is 5.91 Å². The van der Waals surface area contributed by atoms with Gasteiger partial charge in [-0.05, 0) is 57.9 Å². The lowest BCUT2D eigenvalue weighted by atomic mass is 10.2. The second-order valence-corrected chi connectivity index (χ2v) is 5.20. The van der Waals surface area contributed by atoms with Crippen LogP contribution in [0.4, 0.5) is 0 Å². The minimum Gasteiger partial charge on any atom is -0.490 e. The van der Waals surface area contributed by atoms with Gasteiger partial charge in [0.05, 0.1) is 11.8 Å². The first-order valence-corrected chi connectivity index (χ1v) is 7.41. The Morgan fingerprint density at radius 1 is 1.23 bits per heavy atom. The summed E-state index contributed by atoms with van der Waals surface area (Å²) < 4.78 is 6.11. The van der Waals surface area contributed by atoms with Gasteiger partial charge in [-0.2, -0.15) is 5.10 Å². The summed E-state index contributed by atoms with van der Waals surface area (Å²) >= 11 is 3.33. The number of halogens is 1. The van der Waals surface area contributed by atoms with E-state index in [1.54, 1.807) is 30.5 Å². The van der Waals surface area contributed by atoms with Crippen LogP contribution in [0.25, 0.3) is 0 Å². The number of rotatable bonds is 6. The predicted molar refractivity (Wildman–Crippen MR) is 91.3 cm³/mol. The summed E-state index contributed by atoms with van der Waals surface area (Å²) in [5, 5.41) is 3.95. The molecule has 0 aromatic heterocycles. The van der Waals surface area contributed by atoms with Crippen molar-refractivity contribution in [3.63, 3.8) is 0 Å². The van der Waals surface area contributed by atoms with E-state index in [9.17, 15) is 4.79 Å². The second-order valence-electron chi connectivity index (χ2n) is 4.35. The standard InChI is InChI=1S/C17H15BrN2O2/c1-2-11-22-14-9-7-13(8-10-14)12-19-20-17(21)15-5-3-4-6-16(15)18/h2-10,12H,1,11H2,(H,20,21)/b19-12-. The van der Waals surface area contributed by atoms with Gasteiger partial charge < -0.3 is 4.74 Å². The SMILES string of the molecule is C=CCOc1ccc(/C=N\NC(=O)c2ccccc2Br)cc1. The fraction of sp³-hybridized carbons (Fsp3) is 0.0588. The van der Waals surface area contributed by atoms with Crippen LogP contribution in [0, 0.1) is 0 Å². The number of nitrogens with one attached hydrogen (secondary N) is 1. The maximum absolute atomic E-state index is 11.9. The number of ether oxygens (including phenoxy) is 1. The molecule has 1 N–H and O–H groups in total. The Kier molecular flexibility index (Phi) is 5.91. The molecule has 0 aliphatic heterocycles. The van der Waals surface area contributed by atoms with Crippen LogP contribution < -0.4 is 10.2 Å². The Bertz CT molecular complexity index is 681. The highest BCUT2D eigenvalue weighted by molar-refractivity contribution is 9.10. The van der Waals surface area contributed by atoms with Gasteiger partial charge >= 0.3 is 0 Å². The lowest BCUT2D eigenvalue weighted by molar-refractivity contribution is 0.0954. The van der Waals surface area contributed by atoms with Crippen LogP contribution in [-0.2, 0) is 0 Å². The molecule has 0 saturated heterocycles. The fourth-order valence-corrected chi connectivity index (χ4v) is 2.14. The van der Waals surface area contributed by atoms with Gasteiger partial charge in [0, 0.05) is 4.47 Å². The molecule has 2 aromatic carbocycles. The van der Waals surface area contributed by atoms with Gasteiger partial charge in [-0.25, -0.2) is 5.43 Å². The van der Waals surface area contributed by atoms with Crippen LogP contribution in [-0.4, -0.2) is 18.7 Å². The Labute approximate surface area is 137 Å². The third kappa shape index (κ3) is 4.56. The van der Waals surface area contributed by atoms with E-state index in [0.717, 1.165) is 15.8 Å². The zero-order valence-electron chi connectivity index (χ0n) is 11.8. The van der Waals surface area contributed by atoms with Crippen molar-refractivity contribution in [2.45, 2.75) is 0 Å². The summed E-state index contributed by atoms with van der Waals surface area (Å²) in [5.41, 5.74) is 3.89. The monoisotopic (exact) mass is 358 g/mol. The van der Waals surface area contributed by atoms with Crippen molar-refractivity contribution < 1.29 is 9.53 Å². The first kappa shape index (κ1) is 16.0. The van der Waals surface area contributed by atoms with Gasteiger partial charge in [-0.3, -0.25) is 4.79 Å². The minimum atomic E-state index is -0.269. The van der Waals surface area contributed by atoms with Gasteiger partial charge in [0.1, 0.15) is 12.4 Å². The highest BCUT2D eigenvalue weighted by Crippen LogP contribution is 2.15. The number of carbonyl (C=O) groups is 1. The van der Waals surface area contributed by atoms with Crippen molar-refractivity contribution in [2.75, 3.05) is 6.61 Å². The normalized spacial score (nSPS) is 10.4. The Morgan fingerprint density at radius 2 is 1.95 bits per heavy atom. The molecule has 112 valence electrons. The molecule has 0 bridgehead atoms. The van der Waals surface area contributed by atoms with E-state index >= 15 is 0 Å². The largest absolute Gasteiger partial charge is 0.490 e. The van der Waals surface area contributed by atoms with E-state index in [1.807, 2.05) is 30.3 Å². The van der Waals surface area contributed by atoms with Gasteiger partial charge in [-0.1, -0.05) is 24.8 Å².